The van der Waals surface area contributed by atoms with Crippen LogP contribution in [0.4, 0.5) is 0 Å². The van der Waals surface area contributed by atoms with Crippen LogP contribution in [-0.4, -0.2) is 21.9 Å². The summed E-state index contributed by atoms with van der Waals surface area (Å²) in [6.07, 6.45) is 7.45. The minimum absolute atomic E-state index is 0.127. The number of hydrogen-bond donors (Lipinski definition) is 2. The zero-order valence-corrected chi connectivity index (χ0v) is 13.4. The molecule has 0 radical (unpaired) electrons. The Morgan fingerprint density at radius 1 is 1.27 bits per heavy atom. The van der Waals surface area contributed by atoms with Gasteiger partial charge in [-0.05, 0) is 56.9 Å². The minimum Gasteiger partial charge on any atom is -0.353 e. The van der Waals surface area contributed by atoms with Crippen LogP contribution >= 0.6 is 0 Å². The number of amides is 1. The highest BCUT2D eigenvalue weighted by Crippen LogP contribution is 2.43. The van der Waals surface area contributed by atoms with Crippen molar-refractivity contribution in [3.05, 3.63) is 27.4 Å². The average Bonchev–Trinajstić information content (AvgIpc) is 3.02. The van der Waals surface area contributed by atoms with Crippen LogP contribution in [0.25, 0.3) is 0 Å². The van der Waals surface area contributed by atoms with E-state index in [-0.39, 0.29) is 11.6 Å². The van der Waals surface area contributed by atoms with E-state index in [4.69, 9.17) is 0 Å². The minimum atomic E-state index is -0.318. The maximum Gasteiger partial charge on any atom is 0.345 e. The molecular weight excluding hydrogens is 278 g/mol. The summed E-state index contributed by atoms with van der Waals surface area (Å²) < 4.78 is 0. The number of carbonyl (C=O) groups excluding carboxylic acids is 1. The number of carbonyl (C=O) groups is 1. The Morgan fingerprint density at radius 3 is 2.86 bits per heavy atom. The molecular formula is C17H25N3O2. The van der Waals surface area contributed by atoms with E-state index in [1.165, 1.54) is 25.7 Å². The molecule has 0 aromatic carbocycles. The predicted molar refractivity (Wildman–Crippen MR) is 84.6 cm³/mol. The number of hydrogen-bond acceptors (Lipinski definition) is 3. The van der Waals surface area contributed by atoms with Gasteiger partial charge in [-0.25, -0.2) is 4.79 Å². The van der Waals surface area contributed by atoms with Crippen molar-refractivity contribution in [2.45, 2.75) is 64.8 Å². The van der Waals surface area contributed by atoms with Gasteiger partial charge in [0.05, 0.1) is 0 Å². The topological polar surface area (TPSA) is 74.8 Å². The lowest BCUT2D eigenvalue weighted by atomic mass is 9.97. The third-order valence-corrected chi connectivity index (χ3v) is 5.48. The lowest BCUT2D eigenvalue weighted by Gasteiger charge is -2.20. The van der Waals surface area contributed by atoms with Crippen molar-refractivity contribution in [3.8, 4) is 0 Å². The Balaban J connectivity index is 1.56. The van der Waals surface area contributed by atoms with Gasteiger partial charge in [-0.1, -0.05) is 12.8 Å². The number of rotatable bonds is 4. The monoisotopic (exact) mass is 303 g/mol. The molecule has 0 saturated heterocycles. The Bertz CT molecular complexity index is 597. The van der Waals surface area contributed by atoms with Crippen LogP contribution in [0.2, 0.25) is 0 Å². The number of aromatic nitrogens is 2. The molecule has 2 saturated carbocycles. The molecule has 2 fully saturated rings. The molecule has 1 aromatic heterocycles. The number of nitrogens with one attached hydrogen (secondary N) is 2. The van der Waals surface area contributed by atoms with Crippen molar-refractivity contribution >= 4 is 5.91 Å². The van der Waals surface area contributed by atoms with Crippen molar-refractivity contribution in [2.75, 3.05) is 0 Å². The van der Waals surface area contributed by atoms with E-state index in [1.807, 2.05) is 13.8 Å². The van der Waals surface area contributed by atoms with Gasteiger partial charge in [0.2, 0.25) is 5.91 Å². The molecule has 0 bridgehead atoms. The Hall–Kier alpha value is -1.65. The molecule has 2 N–H and O–H groups in total. The SMILES string of the molecule is Cc1nc(=O)[nH]c(C)c1CCC(=O)N[C@@H]1CC[C@H]2CCC[C@H]21. The standard InChI is InChI=1S/C17H25N3O2/c1-10-13(11(2)19-17(22)18-10)7-9-16(21)20-15-8-6-12-4-3-5-14(12)15/h12,14-15H,3-9H2,1-2H3,(H,20,21)(H,18,19,22)/t12-,14-,15-/m1/s1. The van der Waals surface area contributed by atoms with Crippen molar-refractivity contribution < 1.29 is 4.79 Å². The van der Waals surface area contributed by atoms with Crippen LogP contribution in [0.1, 0.15) is 55.5 Å². The largest absolute Gasteiger partial charge is 0.353 e. The van der Waals surface area contributed by atoms with E-state index in [2.05, 4.69) is 15.3 Å². The summed E-state index contributed by atoms with van der Waals surface area (Å²) in [7, 11) is 0. The number of aromatic amines is 1. The van der Waals surface area contributed by atoms with Crippen LogP contribution in [0, 0.1) is 25.7 Å². The van der Waals surface area contributed by atoms with Gasteiger partial charge in [-0.3, -0.25) is 4.79 Å². The summed E-state index contributed by atoms with van der Waals surface area (Å²) >= 11 is 0. The van der Waals surface area contributed by atoms with E-state index in [0.717, 1.165) is 29.3 Å². The Morgan fingerprint density at radius 2 is 2.09 bits per heavy atom. The van der Waals surface area contributed by atoms with E-state index >= 15 is 0 Å². The van der Waals surface area contributed by atoms with Crippen molar-refractivity contribution in [2.24, 2.45) is 11.8 Å². The smallest absolute Gasteiger partial charge is 0.345 e. The maximum atomic E-state index is 12.2. The van der Waals surface area contributed by atoms with Gasteiger partial charge in [0.15, 0.2) is 0 Å². The summed E-state index contributed by atoms with van der Waals surface area (Å²) in [5, 5.41) is 3.24. The molecule has 0 spiro atoms. The molecule has 0 unspecified atom stereocenters. The fourth-order valence-corrected chi connectivity index (χ4v) is 4.38. The highest BCUT2D eigenvalue weighted by Gasteiger charge is 2.39. The van der Waals surface area contributed by atoms with Gasteiger partial charge in [0.25, 0.3) is 0 Å². The van der Waals surface area contributed by atoms with Gasteiger partial charge in [0, 0.05) is 23.9 Å². The van der Waals surface area contributed by atoms with Gasteiger partial charge in [-0.2, -0.15) is 4.98 Å². The molecule has 3 atom stereocenters. The number of aryl methyl sites for hydroxylation is 2. The first-order valence-electron chi connectivity index (χ1n) is 8.40. The summed E-state index contributed by atoms with van der Waals surface area (Å²) in [5.74, 6) is 1.68. The van der Waals surface area contributed by atoms with E-state index in [0.29, 0.717) is 24.8 Å². The van der Waals surface area contributed by atoms with Crippen molar-refractivity contribution in [3.63, 3.8) is 0 Å². The van der Waals surface area contributed by atoms with Crippen LogP contribution in [0.5, 0.6) is 0 Å². The van der Waals surface area contributed by atoms with Crippen molar-refractivity contribution in [1.29, 1.82) is 0 Å². The fourth-order valence-electron chi connectivity index (χ4n) is 4.38. The first-order chi connectivity index (χ1) is 10.5. The molecule has 5 nitrogen and oxygen atoms in total. The summed E-state index contributed by atoms with van der Waals surface area (Å²) in [5.41, 5.74) is 2.22. The first-order valence-corrected chi connectivity index (χ1v) is 8.40. The zero-order chi connectivity index (χ0) is 15.7. The van der Waals surface area contributed by atoms with E-state index in [1.54, 1.807) is 0 Å². The first kappa shape index (κ1) is 15.3. The third-order valence-electron chi connectivity index (χ3n) is 5.48. The van der Waals surface area contributed by atoms with Crippen LogP contribution in [-0.2, 0) is 11.2 Å². The number of fused-ring (bicyclic) bond motifs is 1. The molecule has 2 aliphatic rings. The molecule has 5 heteroatoms. The van der Waals surface area contributed by atoms with Gasteiger partial charge < -0.3 is 10.3 Å². The molecule has 1 aromatic rings. The predicted octanol–water partition coefficient (Wildman–Crippen LogP) is 2.01. The molecule has 1 heterocycles. The van der Waals surface area contributed by atoms with E-state index < -0.39 is 0 Å². The normalized spacial score (nSPS) is 26.9. The van der Waals surface area contributed by atoms with Crippen LogP contribution in [0.3, 0.4) is 0 Å². The van der Waals surface area contributed by atoms with Crippen molar-refractivity contribution in [1.82, 2.24) is 15.3 Å². The second kappa shape index (κ2) is 6.23. The zero-order valence-electron chi connectivity index (χ0n) is 13.4. The van der Waals surface area contributed by atoms with Gasteiger partial charge in [0.1, 0.15) is 0 Å². The van der Waals surface area contributed by atoms with Gasteiger partial charge >= 0.3 is 5.69 Å². The second-order valence-corrected chi connectivity index (χ2v) is 6.84. The van der Waals surface area contributed by atoms with Crippen LogP contribution < -0.4 is 11.0 Å². The number of H-pyrrole nitrogens is 1. The van der Waals surface area contributed by atoms with E-state index in [9.17, 15) is 9.59 Å². The lowest BCUT2D eigenvalue weighted by molar-refractivity contribution is -0.122. The van der Waals surface area contributed by atoms with Gasteiger partial charge in [-0.15, -0.1) is 0 Å². The molecule has 2 aliphatic carbocycles. The average molecular weight is 303 g/mol. The number of nitrogens with zero attached hydrogens (tertiary/aromatic N) is 1. The molecule has 3 rings (SSSR count). The maximum absolute atomic E-state index is 12.2. The molecule has 22 heavy (non-hydrogen) atoms. The molecule has 0 aliphatic heterocycles. The summed E-state index contributed by atoms with van der Waals surface area (Å²) in [6, 6.07) is 0.385. The highest BCUT2D eigenvalue weighted by molar-refractivity contribution is 5.76. The summed E-state index contributed by atoms with van der Waals surface area (Å²) in [4.78, 5) is 30.2. The Kier molecular flexibility index (Phi) is 4.32. The highest BCUT2D eigenvalue weighted by atomic mass is 16.1. The quantitative estimate of drug-likeness (QED) is 0.893. The molecule has 1 amide bonds. The second-order valence-electron chi connectivity index (χ2n) is 6.84. The Labute approximate surface area is 130 Å². The molecule has 120 valence electrons. The third kappa shape index (κ3) is 3.08. The lowest BCUT2D eigenvalue weighted by Crippen LogP contribution is -2.37. The fraction of sp³-hybridized carbons (Fsp3) is 0.706. The summed E-state index contributed by atoms with van der Waals surface area (Å²) in [6.45, 7) is 3.69. The van der Waals surface area contributed by atoms with Crippen LogP contribution in [0.15, 0.2) is 4.79 Å².